The highest BCUT2D eigenvalue weighted by molar-refractivity contribution is 9.10. The summed E-state index contributed by atoms with van der Waals surface area (Å²) in [4.78, 5) is 11.1. The molecule has 0 heterocycles. The molecule has 0 radical (unpaired) electrons. The topological polar surface area (TPSA) is 58.6 Å². The van der Waals surface area contributed by atoms with E-state index in [1.54, 1.807) is 18.2 Å². The first-order valence-corrected chi connectivity index (χ1v) is 9.76. The van der Waals surface area contributed by atoms with Gasteiger partial charge in [0, 0.05) is 22.3 Å². The van der Waals surface area contributed by atoms with Crippen molar-refractivity contribution in [3.05, 3.63) is 93.0 Å². The van der Waals surface area contributed by atoms with Crippen molar-refractivity contribution in [1.29, 1.82) is 0 Å². The third-order valence-electron chi connectivity index (χ3n) is 4.44. The fourth-order valence-corrected chi connectivity index (χ4v) is 3.38. The number of hydrogen-bond donors (Lipinski definition) is 2. The molecule has 0 fully saturated rings. The molecule has 0 spiro atoms. The molecule has 144 valence electrons. The van der Waals surface area contributed by atoms with Crippen LogP contribution in [0.2, 0.25) is 0 Å². The molecule has 0 aliphatic carbocycles. The molecule has 28 heavy (non-hydrogen) atoms. The number of rotatable bonds is 7. The van der Waals surface area contributed by atoms with Crippen molar-refractivity contribution >= 4 is 27.6 Å². The fourth-order valence-electron chi connectivity index (χ4n) is 2.98. The number of carbonyl (C=O) groups is 1. The van der Waals surface area contributed by atoms with E-state index < -0.39 is 5.97 Å². The first-order valence-electron chi connectivity index (χ1n) is 8.97. The summed E-state index contributed by atoms with van der Waals surface area (Å²) in [6, 6.07) is 19.3. The van der Waals surface area contributed by atoms with Gasteiger partial charge in [0.1, 0.15) is 12.4 Å². The van der Waals surface area contributed by atoms with Gasteiger partial charge in [-0.25, -0.2) is 4.79 Å². The first-order chi connectivity index (χ1) is 13.4. The summed E-state index contributed by atoms with van der Waals surface area (Å²) >= 11 is 3.52. The van der Waals surface area contributed by atoms with Gasteiger partial charge in [-0.05, 0) is 61.4 Å². The van der Waals surface area contributed by atoms with Crippen LogP contribution in [0.1, 0.15) is 32.6 Å². The second kappa shape index (κ2) is 8.93. The molecule has 0 aromatic heterocycles. The van der Waals surface area contributed by atoms with E-state index in [-0.39, 0.29) is 5.56 Å². The Morgan fingerprint density at radius 1 is 1.07 bits per heavy atom. The average Bonchev–Trinajstić information content (AvgIpc) is 2.66. The molecule has 5 heteroatoms. The predicted molar refractivity (Wildman–Crippen MR) is 115 cm³/mol. The zero-order valence-corrected chi connectivity index (χ0v) is 17.4. The van der Waals surface area contributed by atoms with Crippen LogP contribution in [-0.2, 0) is 13.2 Å². The van der Waals surface area contributed by atoms with E-state index in [1.807, 2.05) is 31.2 Å². The Bertz CT molecular complexity index is 1000. The van der Waals surface area contributed by atoms with Crippen LogP contribution in [0, 0.1) is 13.8 Å². The summed E-state index contributed by atoms with van der Waals surface area (Å²) in [6.07, 6.45) is 0. The smallest absolute Gasteiger partial charge is 0.335 e. The second-order valence-electron chi connectivity index (χ2n) is 6.72. The summed E-state index contributed by atoms with van der Waals surface area (Å²) in [5.74, 6) is -0.106. The van der Waals surface area contributed by atoms with Gasteiger partial charge in [0.05, 0.1) is 5.56 Å². The normalized spacial score (nSPS) is 10.5. The SMILES string of the molecule is Cc1cccc(COc2ccc(Br)cc2CNc2ccc(C(=O)O)cc2C)c1. The van der Waals surface area contributed by atoms with Crippen molar-refractivity contribution in [3.8, 4) is 5.75 Å². The maximum Gasteiger partial charge on any atom is 0.335 e. The van der Waals surface area contributed by atoms with Crippen LogP contribution in [0.25, 0.3) is 0 Å². The third kappa shape index (κ3) is 5.14. The summed E-state index contributed by atoms with van der Waals surface area (Å²) in [6.45, 7) is 5.03. The first kappa shape index (κ1) is 20.0. The molecule has 0 amide bonds. The van der Waals surface area contributed by atoms with Crippen molar-refractivity contribution in [3.63, 3.8) is 0 Å². The fraction of sp³-hybridized carbons (Fsp3) is 0.174. The molecular formula is C23H22BrNO3. The van der Waals surface area contributed by atoms with Gasteiger partial charge in [-0.1, -0.05) is 45.8 Å². The van der Waals surface area contributed by atoms with Gasteiger partial charge < -0.3 is 15.2 Å². The van der Waals surface area contributed by atoms with Gasteiger partial charge >= 0.3 is 5.97 Å². The van der Waals surface area contributed by atoms with Crippen LogP contribution in [0.3, 0.4) is 0 Å². The van der Waals surface area contributed by atoms with Gasteiger partial charge in [0.15, 0.2) is 0 Å². The number of anilines is 1. The molecule has 0 aliphatic rings. The molecule has 0 saturated carbocycles. The van der Waals surface area contributed by atoms with Crippen molar-refractivity contribution in [2.24, 2.45) is 0 Å². The molecule has 2 N–H and O–H groups in total. The van der Waals surface area contributed by atoms with E-state index in [2.05, 4.69) is 46.4 Å². The van der Waals surface area contributed by atoms with Crippen LogP contribution in [0.4, 0.5) is 5.69 Å². The summed E-state index contributed by atoms with van der Waals surface area (Å²) in [5, 5.41) is 12.5. The largest absolute Gasteiger partial charge is 0.489 e. The Labute approximate surface area is 173 Å². The number of halogens is 1. The molecule has 3 rings (SSSR count). The zero-order chi connectivity index (χ0) is 20.1. The van der Waals surface area contributed by atoms with Crippen molar-refractivity contribution in [1.82, 2.24) is 0 Å². The summed E-state index contributed by atoms with van der Waals surface area (Å²) < 4.78 is 7.04. The Balaban J connectivity index is 1.73. The van der Waals surface area contributed by atoms with Crippen molar-refractivity contribution in [2.75, 3.05) is 5.32 Å². The number of ether oxygens (including phenoxy) is 1. The Kier molecular flexibility index (Phi) is 6.37. The maximum absolute atomic E-state index is 11.1. The lowest BCUT2D eigenvalue weighted by atomic mass is 10.1. The molecule has 4 nitrogen and oxygen atoms in total. The van der Waals surface area contributed by atoms with E-state index in [0.29, 0.717) is 13.2 Å². The average molecular weight is 440 g/mol. The lowest BCUT2D eigenvalue weighted by molar-refractivity contribution is 0.0697. The minimum absolute atomic E-state index is 0.285. The second-order valence-corrected chi connectivity index (χ2v) is 7.63. The number of aromatic carboxylic acids is 1. The summed E-state index contributed by atoms with van der Waals surface area (Å²) in [5.41, 5.74) is 5.42. The summed E-state index contributed by atoms with van der Waals surface area (Å²) in [7, 11) is 0. The number of nitrogens with one attached hydrogen (secondary N) is 1. The standard InChI is InChI=1S/C23H22BrNO3/c1-15-4-3-5-17(10-15)14-28-22-9-7-20(24)12-19(22)13-25-21-8-6-18(23(26)27)11-16(21)2/h3-12,25H,13-14H2,1-2H3,(H,26,27). The van der Waals surface area contributed by atoms with E-state index in [4.69, 9.17) is 9.84 Å². The number of hydrogen-bond acceptors (Lipinski definition) is 3. The van der Waals surface area contributed by atoms with Crippen LogP contribution in [0.5, 0.6) is 5.75 Å². The van der Waals surface area contributed by atoms with Gasteiger partial charge in [0.2, 0.25) is 0 Å². The Morgan fingerprint density at radius 2 is 1.89 bits per heavy atom. The molecule has 0 atom stereocenters. The molecular weight excluding hydrogens is 418 g/mol. The molecule has 0 bridgehead atoms. The van der Waals surface area contributed by atoms with E-state index in [0.717, 1.165) is 32.6 Å². The highest BCUT2D eigenvalue weighted by Gasteiger charge is 2.09. The van der Waals surface area contributed by atoms with E-state index in [9.17, 15) is 4.79 Å². The van der Waals surface area contributed by atoms with E-state index >= 15 is 0 Å². The third-order valence-corrected chi connectivity index (χ3v) is 4.94. The number of benzene rings is 3. The Hall–Kier alpha value is -2.79. The van der Waals surface area contributed by atoms with Crippen LogP contribution >= 0.6 is 15.9 Å². The predicted octanol–water partition coefficient (Wildman–Crippen LogP) is 5.96. The quantitative estimate of drug-likeness (QED) is 0.476. The van der Waals surface area contributed by atoms with Gasteiger partial charge in [-0.3, -0.25) is 0 Å². The van der Waals surface area contributed by atoms with Crippen molar-refractivity contribution in [2.45, 2.75) is 27.0 Å². The molecule has 0 saturated heterocycles. The zero-order valence-electron chi connectivity index (χ0n) is 15.8. The van der Waals surface area contributed by atoms with Crippen LogP contribution < -0.4 is 10.1 Å². The molecule has 3 aromatic rings. The number of carboxylic acid groups (broad SMARTS) is 1. The monoisotopic (exact) mass is 439 g/mol. The van der Waals surface area contributed by atoms with Gasteiger partial charge in [-0.15, -0.1) is 0 Å². The van der Waals surface area contributed by atoms with Gasteiger partial charge in [-0.2, -0.15) is 0 Å². The lowest BCUT2D eigenvalue weighted by Crippen LogP contribution is -2.06. The maximum atomic E-state index is 11.1. The minimum atomic E-state index is -0.923. The molecule has 0 aliphatic heterocycles. The number of carboxylic acids is 1. The highest BCUT2D eigenvalue weighted by Crippen LogP contribution is 2.26. The number of aryl methyl sites for hydroxylation is 2. The lowest BCUT2D eigenvalue weighted by Gasteiger charge is -2.15. The highest BCUT2D eigenvalue weighted by atomic mass is 79.9. The molecule has 3 aromatic carbocycles. The van der Waals surface area contributed by atoms with Crippen LogP contribution in [0.15, 0.2) is 65.1 Å². The minimum Gasteiger partial charge on any atom is -0.489 e. The van der Waals surface area contributed by atoms with E-state index in [1.165, 1.54) is 5.56 Å². The molecule has 0 unspecified atom stereocenters. The van der Waals surface area contributed by atoms with Gasteiger partial charge in [0.25, 0.3) is 0 Å². The van der Waals surface area contributed by atoms with Crippen molar-refractivity contribution < 1.29 is 14.6 Å². The Morgan fingerprint density at radius 3 is 2.61 bits per heavy atom. The van der Waals surface area contributed by atoms with Crippen LogP contribution in [-0.4, -0.2) is 11.1 Å².